The fraction of sp³-hybridized carbons (Fsp3) is 0.500. The molecule has 1 aromatic carbocycles. The van der Waals surface area contributed by atoms with Crippen LogP contribution in [0.15, 0.2) is 24.3 Å². The molecule has 22 heavy (non-hydrogen) atoms. The van der Waals surface area contributed by atoms with Gasteiger partial charge in [0.15, 0.2) is 0 Å². The number of amides is 1. The highest BCUT2D eigenvalue weighted by atomic mass is 35.5. The Morgan fingerprint density at radius 2 is 2.14 bits per heavy atom. The Kier molecular flexibility index (Phi) is 7.12. The molecule has 1 amide bonds. The summed E-state index contributed by atoms with van der Waals surface area (Å²) in [6.07, 6.45) is 1.40. The van der Waals surface area contributed by atoms with Crippen LogP contribution in [-0.2, 0) is 19.6 Å². The van der Waals surface area contributed by atoms with Gasteiger partial charge in [-0.15, -0.1) is 0 Å². The number of sulfonamides is 1. The minimum Gasteiger partial charge on any atom is -0.383 e. The second kappa shape index (κ2) is 8.36. The molecule has 0 spiro atoms. The Bertz CT molecular complexity index is 607. The van der Waals surface area contributed by atoms with Crippen LogP contribution in [0.1, 0.15) is 13.3 Å². The van der Waals surface area contributed by atoms with Crippen LogP contribution in [0.3, 0.4) is 0 Å². The summed E-state index contributed by atoms with van der Waals surface area (Å²) >= 11 is 5.93. The topological polar surface area (TPSA) is 75.7 Å². The van der Waals surface area contributed by atoms with Gasteiger partial charge in [-0.25, -0.2) is 8.42 Å². The van der Waals surface area contributed by atoms with E-state index in [1.807, 2.05) is 0 Å². The van der Waals surface area contributed by atoms with Crippen molar-refractivity contribution in [3.63, 3.8) is 0 Å². The maximum absolute atomic E-state index is 12.3. The van der Waals surface area contributed by atoms with E-state index in [-0.39, 0.29) is 5.91 Å². The fourth-order valence-corrected chi connectivity index (χ4v) is 3.46. The van der Waals surface area contributed by atoms with Gasteiger partial charge in [0.25, 0.3) is 0 Å². The Hall–Kier alpha value is -1.31. The molecule has 0 bridgehead atoms. The first kappa shape index (κ1) is 18.7. The molecule has 0 aliphatic heterocycles. The van der Waals surface area contributed by atoms with E-state index in [9.17, 15) is 13.2 Å². The van der Waals surface area contributed by atoms with E-state index in [2.05, 4.69) is 5.32 Å². The summed E-state index contributed by atoms with van der Waals surface area (Å²) in [5, 5.41) is 3.07. The number of nitrogens with one attached hydrogen (secondary N) is 1. The minimum absolute atomic E-state index is 0.318. The summed E-state index contributed by atoms with van der Waals surface area (Å²) in [6, 6.07) is 5.58. The predicted octanol–water partition coefficient (Wildman–Crippen LogP) is 1.65. The Morgan fingerprint density at radius 3 is 2.64 bits per heavy atom. The summed E-state index contributed by atoms with van der Waals surface area (Å²) in [5.74, 6) is -0.370. The molecule has 124 valence electrons. The van der Waals surface area contributed by atoms with E-state index in [0.717, 1.165) is 10.6 Å². The number of rotatable bonds is 8. The largest absolute Gasteiger partial charge is 0.383 e. The molecular formula is C14H21ClN2O4S. The number of benzene rings is 1. The molecule has 6 nitrogen and oxygen atoms in total. The lowest BCUT2D eigenvalue weighted by Gasteiger charge is -2.30. The highest BCUT2D eigenvalue weighted by Gasteiger charge is 2.31. The van der Waals surface area contributed by atoms with Gasteiger partial charge < -0.3 is 10.1 Å². The second-order valence-corrected chi connectivity index (χ2v) is 7.04. The molecule has 0 aliphatic rings. The molecule has 1 atom stereocenters. The number of anilines is 1. The van der Waals surface area contributed by atoms with Gasteiger partial charge in [0.1, 0.15) is 6.04 Å². The van der Waals surface area contributed by atoms with Crippen molar-refractivity contribution < 1.29 is 17.9 Å². The van der Waals surface area contributed by atoms with E-state index < -0.39 is 16.1 Å². The van der Waals surface area contributed by atoms with Crippen molar-refractivity contribution in [3.8, 4) is 0 Å². The summed E-state index contributed by atoms with van der Waals surface area (Å²) in [5.41, 5.74) is 0.365. The van der Waals surface area contributed by atoms with E-state index in [4.69, 9.17) is 16.3 Å². The van der Waals surface area contributed by atoms with Crippen LogP contribution in [0.25, 0.3) is 0 Å². The quantitative estimate of drug-likeness (QED) is 0.725. The van der Waals surface area contributed by atoms with Crippen LogP contribution in [0.5, 0.6) is 0 Å². The molecule has 1 rings (SSSR count). The van der Waals surface area contributed by atoms with Gasteiger partial charge in [0.2, 0.25) is 15.9 Å². The molecule has 0 unspecified atom stereocenters. The normalized spacial score (nSPS) is 12.7. The number of hydrogen-bond acceptors (Lipinski definition) is 4. The standard InChI is InChI=1S/C14H21ClN2O4S/c1-4-13(14(18)16-8-9-21-2)17(22(3,19)20)12-7-5-6-11(15)10-12/h5-7,10,13H,4,8-9H2,1-3H3,(H,16,18)/t13-/m1/s1. The number of halogens is 1. The third kappa shape index (κ3) is 5.15. The van der Waals surface area contributed by atoms with Crippen molar-refractivity contribution in [2.75, 3.05) is 30.8 Å². The van der Waals surface area contributed by atoms with Gasteiger partial charge in [-0.2, -0.15) is 0 Å². The Labute approximate surface area is 136 Å². The third-order valence-corrected chi connectivity index (χ3v) is 4.41. The zero-order valence-corrected chi connectivity index (χ0v) is 14.4. The predicted molar refractivity (Wildman–Crippen MR) is 87.7 cm³/mol. The number of hydrogen-bond donors (Lipinski definition) is 1. The van der Waals surface area contributed by atoms with Crippen LogP contribution >= 0.6 is 11.6 Å². The highest BCUT2D eigenvalue weighted by Crippen LogP contribution is 2.25. The van der Waals surface area contributed by atoms with Gasteiger partial charge in [-0.3, -0.25) is 9.10 Å². The molecular weight excluding hydrogens is 328 g/mol. The summed E-state index contributed by atoms with van der Waals surface area (Å²) in [6.45, 7) is 2.43. The zero-order valence-electron chi connectivity index (χ0n) is 12.9. The van der Waals surface area contributed by atoms with E-state index in [0.29, 0.717) is 30.3 Å². The van der Waals surface area contributed by atoms with E-state index in [1.54, 1.807) is 25.1 Å². The lowest BCUT2D eigenvalue weighted by molar-refractivity contribution is -0.122. The van der Waals surface area contributed by atoms with E-state index >= 15 is 0 Å². The number of carbonyl (C=O) groups excluding carboxylic acids is 1. The molecule has 0 aromatic heterocycles. The van der Waals surface area contributed by atoms with Gasteiger partial charge in [0.05, 0.1) is 18.6 Å². The second-order valence-electron chi connectivity index (χ2n) is 4.75. The van der Waals surface area contributed by atoms with Crippen LogP contribution in [0.2, 0.25) is 5.02 Å². The average molecular weight is 349 g/mol. The zero-order chi connectivity index (χ0) is 16.8. The first-order valence-corrected chi connectivity index (χ1v) is 9.05. The first-order valence-electron chi connectivity index (χ1n) is 6.82. The smallest absolute Gasteiger partial charge is 0.243 e. The molecule has 1 aromatic rings. The van der Waals surface area contributed by atoms with Crippen LogP contribution in [0.4, 0.5) is 5.69 Å². The van der Waals surface area contributed by atoms with Gasteiger partial charge >= 0.3 is 0 Å². The van der Waals surface area contributed by atoms with Crippen LogP contribution in [-0.4, -0.2) is 46.9 Å². The number of carbonyl (C=O) groups is 1. The lowest BCUT2D eigenvalue weighted by atomic mass is 10.2. The van der Waals surface area contributed by atoms with Crippen LogP contribution in [0, 0.1) is 0 Å². The molecule has 1 N–H and O–H groups in total. The van der Waals surface area contributed by atoms with Crippen molar-refractivity contribution >= 4 is 33.2 Å². The number of methoxy groups -OCH3 is 1. The lowest BCUT2D eigenvalue weighted by Crippen LogP contribution is -2.49. The molecule has 0 radical (unpaired) electrons. The molecule has 0 fully saturated rings. The van der Waals surface area contributed by atoms with Gasteiger partial charge in [-0.1, -0.05) is 24.6 Å². The molecule has 0 saturated heterocycles. The third-order valence-electron chi connectivity index (χ3n) is 3.00. The van der Waals surface area contributed by atoms with Crippen molar-refractivity contribution in [3.05, 3.63) is 29.3 Å². The van der Waals surface area contributed by atoms with Gasteiger partial charge in [-0.05, 0) is 24.6 Å². The monoisotopic (exact) mass is 348 g/mol. The summed E-state index contributed by atoms with van der Waals surface area (Å²) in [4.78, 5) is 12.3. The van der Waals surface area contributed by atoms with Gasteiger partial charge in [0, 0.05) is 18.7 Å². The average Bonchev–Trinajstić information content (AvgIpc) is 2.43. The van der Waals surface area contributed by atoms with Crippen molar-refractivity contribution in [1.82, 2.24) is 5.32 Å². The van der Waals surface area contributed by atoms with Crippen molar-refractivity contribution in [1.29, 1.82) is 0 Å². The molecule has 0 heterocycles. The summed E-state index contributed by atoms with van der Waals surface area (Å²) in [7, 11) is -2.11. The number of ether oxygens (including phenoxy) is 1. The fourth-order valence-electron chi connectivity index (χ4n) is 2.07. The minimum atomic E-state index is -3.64. The van der Waals surface area contributed by atoms with Crippen LogP contribution < -0.4 is 9.62 Å². The summed E-state index contributed by atoms with van der Waals surface area (Å²) < 4.78 is 30.3. The molecule has 0 aliphatic carbocycles. The maximum atomic E-state index is 12.3. The highest BCUT2D eigenvalue weighted by molar-refractivity contribution is 7.92. The molecule has 8 heteroatoms. The van der Waals surface area contributed by atoms with Crippen molar-refractivity contribution in [2.24, 2.45) is 0 Å². The Balaban J connectivity index is 3.12. The first-order chi connectivity index (χ1) is 10.3. The van der Waals surface area contributed by atoms with Crippen molar-refractivity contribution in [2.45, 2.75) is 19.4 Å². The Morgan fingerprint density at radius 1 is 1.45 bits per heavy atom. The molecule has 0 saturated carbocycles. The SMILES string of the molecule is CC[C@H](C(=O)NCCOC)N(c1cccc(Cl)c1)S(C)(=O)=O. The maximum Gasteiger partial charge on any atom is 0.243 e. The number of nitrogens with zero attached hydrogens (tertiary/aromatic N) is 1. The van der Waals surface area contributed by atoms with E-state index in [1.165, 1.54) is 13.2 Å².